The molecule has 0 saturated heterocycles. The Kier molecular flexibility index (Phi) is 4.56. The number of aliphatic hydroxyl groups is 1. The molecule has 1 aliphatic heterocycles. The van der Waals surface area contributed by atoms with Crippen molar-refractivity contribution in [1.29, 1.82) is 0 Å². The summed E-state index contributed by atoms with van der Waals surface area (Å²) in [6, 6.07) is 14.7. The molecule has 2 aromatic carbocycles. The molecule has 0 saturated carbocycles. The third kappa shape index (κ3) is 2.89. The molecule has 4 nitrogen and oxygen atoms in total. The topological polar surface area (TPSA) is 52.9 Å². The second kappa shape index (κ2) is 6.49. The Morgan fingerprint density at radius 1 is 1.25 bits per heavy atom. The summed E-state index contributed by atoms with van der Waals surface area (Å²) in [6.07, 6.45) is 1.01. The summed E-state index contributed by atoms with van der Waals surface area (Å²) in [5, 5.41) is 17.0. The van der Waals surface area contributed by atoms with Crippen molar-refractivity contribution in [2.75, 3.05) is 0 Å². The van der Waals surface area contributed by atoms with Crippen LogP contribution in [0.3, 0.4) is 0 Å². The van der Waals surface area contributed by atoms with Crippen molar-refractivity contribution in [1.82, 2.24) is 5.01 Å². The van der Waals surface area contributed by atoms with E-state index in [2.05, 4.69) is 21.0 Å². The average Bonchev–Trinajstić information content (AvgIpc) is 2.93. The van der Waals surface area contributed by atoms with E-state index in [-0.39, 0.29) is 5.91 Å². The van der Waals surface area contributed by atoms with Gasteiger partial charge >= 0.3 is 0 Å². The normalized spacial score (nSPS) is 20.2. The first-order valence-corrected chi connectivity index (χ1v) is 8.70. The minimum absolute atomic E-state index is 0.290. The lowest BCUT2D eigenvalue weighted by molar-refractivity contribution is -0.0766. The smallest absolute Gasteiger partial charge is 0.277 e. The van der Waals surface area contributed by atoms with E-state index in [4.69, 9.17) is 0 Å². The van der Waals surface area contributed by atoms with Gasteiger partial charge in [-0.3, -0.25) is 4.79 Å². The number of amides is 1. The summed E-state index contributed by atoms with van der Waals surface area (Å²) < 4.78 is 0.918. The highest BCUT2D eigenvalue weighted by Crippen LogP contribution is 2.37. The molecule has 1 heterocycles. The Hall–Kier alpha value is -1.98. The minimum atomic E-state index is -1.45. The van der Waals surface area contributed by atoms with Crippen molar-refractivity contribution >= 4 is 27.5 Å². The van der Waals surface area contributed by atoms with Gasteiger partial charge < -0.3 is 5.11 Å². The van der Waals surface area contributed by atoms with E-state index in [1.54, 1.807) is 6.07 Å². The van der Waals surface area contributed by atoms with Gasteiger partial charge in [0.15, 0.2) is 5.72 Å². The van der Waals surface area contributed by atoms with Gasteiger partial charge in [0.25, 0.3) is 5.91 Å². The van der Waals surface area contributed by atoms with E-state index in [9.17, 15) is 9.90 Å². The van der Waals surface area contributed by atoms with Gasteiger partial charge in [0.2, 0.25) is 0 Å². The molecule has 24 heavy (non-hydrogen) atoms. The molecule has 0 aromatic heterocycles. The molecule has 1 atom stereocenters. The van der Waals surface area contributed by atoms with E-state index in [0.29, 0.717) is 24.0 Å². The van der Waals surface area contributed by atoms with Crippen LogP contribution >= 0.6 is 15.9 Å². The van der Waals surface area contributed by atoms with Crippen LogP contribution in [-0.2, 0) is 5.72 Å². The molecule has 2 aromatic rings. The molecule has 3 rings (SSSR count). The summed E-state index contributed by atoms with van der Waals surface area (Å²) in [6.45, 7) is 3.86. The Bertz CT molecular complexity index is 801. The molecule has 1 amide bonds. The van der Waals surface area contributed by atoms with E-state index in [0.717, 1.165) is 15.7 Å². The van der Waals surface area contributed by atoms with Gasteiger partial charge in [-0.05, 0) is 37.1 Å². The first kappa shape index (κ1) is 16.9. The van der Waals surface area contributed by atoms with Crippen molar-refractivity contribution in [3.8, 4) is 0 Å². The van der Waals surface area contributed by atoms with Gasteiger partial charge in [0.1, 0.15) is 0 Å². The predicted molar refractivity (Wildman–Crippen MR) is 97.7 cm³/mol. The molecule has 0 spiro atoms. The Morgan fingerprint density at radius 3 is 2.54 bits per heavy atom. The monoisotopic (exact) mass is 386 g/mol. The fraction of sp³-hybridized carbons (Fsp3) is 0.263. The van der Waals surface area contributed by atoms with Crippen LogP contribution in [0, 0.1) is 6.92 Å². The van der Waals surface area contributed by atoms with E-state index in [1.165, 1.54) is 5.01 Å². The average molecular weight is 387 g/mol. The first-order valence-electron chi connectivity index (χ1n) is 7.90. The fourth-order valence-corrected chi connectivity index (χ4v) is 3.16. The van der Waals surface area contributed by atoms with Crippen molar-refractivity contribution in [3.05, 3.63) is 69.7 Å². The van der Waals surface area contributed by atoms with Crippen LogP contribution in [0.15, 0.2) is 58.1 Å². The van der Waals surface area contributed by atoms with Gasteiger partial charge in [0, 0.05) is 27.7 Å². The van der Waals surface area contributed by atoms with Gasteiger partial charge in [0.05, 0.1) is 0 Å². The molecule has 1 unspecified atom stereocenters. The highest BCUT2D eigenvalue weighted by atomic mass is 79.9. The highest BCUT2D eigenvalue weighted by molar-refractivity contribution is 9.10. The number of benzene rings is 2. The van der Waals surface area contributed by atoms with Crippen LogP contribution < -0.4 is 0 Å². The van der Waals surface area contributed by atoms with Crippen molar-refractivity contribution in [2.45, 2.75) is 32.4 Å². The molecule has 1 aliphatic rings. The minimum Gasteiger partial charge on any atom is -0.365 e. The molecule has 124 valence electrons. The van der Waals surface area contributed by atoms with Crippen molar-refractivity contribution < 1.29 is 9.90 Å². The standard InChI is InChI=1S/C19H19BrN2O2/c1-3-16-12-19(24,14-8-10-15(20)11-9-14)22(21-16)18(23)17-7-5-4-6-13(17)2/h4-11,24H,3,12H2,1-2H3. The summed E-state index contributed by atoms with van der Waals surface area (Å²) in [4.78, 5) is 13.0. The van der Waals surface area contributed by atoms with Crippen LogP contribution in [0.4, 0.5) is 0 Å². The lowest BCUT2D eigenvalue weighted by Gasteiger charge is -2.32. The van der Waals surface area contributed by atoms with E-state index in [1.807, 2.05) is 56.3 Å². The van der Waals surface area contributed by atoms with E-state index >= 15 is 0 Å². The quantitative estimate of drug-likeness (QED) is 0.858. The van der Waals surface area contributed by atoms with Crippen LogP contribution in [0.2, 0.25) is 0 Å². The zero-order valence-corrected chi connectivity index (χ0v) is 15.2. The number of nitrogens with zero attached hydrogens (tertiary/aromatic N) is 2. The van der Waals surface area contributed by atoms with Gasteiger partial charge in [-0.2, -0.15) is 10.1 Å². The van der Waals surface area contributed by atoms with Crippen molar-refractivity contribution in [2.24, 2.45) is 5.10 Å². The predicted octanol–water partition coefficient (Wildman–Crippen LogP) is 4.21. The van der Waals surface area contributed by atoms with Crippen LogP contribution in [0.1, 0.15) is 41.3 Å². The second-order valence-electron chi connectivity index (χ2n) is 5.95. The summed E-state index contributed by atoms with van der Waals surface area (Å²) in [5.41, 5.74) is 1.42. The number of halogens is 1. The number of rotatable bonds is 3. The maximum Gasteiger partial charge on any atom is 0.277 e. The van der Waals surface area contributed by atoms with E-state index < -0.39 is 5.72 Å². The molecule has 5 heteroatoms. The molecule has 1 N–H and O–H groups in total. The molecule has 0 bridgehead atoms. The maximum atomic E-state index is 13.0. The Morgan fingerprint density at radius 2 is 1.92 bits per heavy atom. The number of hydrazone groups is 1. The Balaban J connectivity index is 2.05. The third-order valence-corrected chi connectivity index (χ3v) is 4.85. The van der Waals surface area contributed by atoms with Crippen LogP contribution in [0.5, 0.6) is 0 Å². The first-order chi connectivity index (χ1) is 11.5. The SMILES string of the molecule is CCC1=NN(C(=O)c2ccccc2C)C(O)(c2ccc(Br)cc2)C1. The van der Waals surface area contributed by atoms with Crippen molar-refractivity contribution in [3.63, 3.8) is 0 Å². The maximum absolute atomic E-state index is 13.0. The fourth-order valence-electron chi connectivity index (χ4n) is 2.90. The number of aryl methyl sites for hydroxylation is 1. The lowest BCUT2D eigenvalue weighted by Crippen LogP contribution is -2.43. The third-order valence-electron chi connectivity index (χ3n) is 4.32. The van der Waals surface area contributed by atoms with Gasteiger partial charge in [-0.1, -0.05) is 53.2 Å². The number of hydrogen-bond acceptors (Lipinski definition) is 3. The van der Waals surface area contributed by atoms with Crippen LogP contribution in [-0.4, -0.2) is 21.7 Å². The highest BCUT2D eigenvalue weighted by Gasteiger charge is 2.45. The number of hydrogen-bond donors (Lipinski definition) is 1. The summed E-state index contributed by atoms with van der Waals surface area (Å²) >= 11 is 3.40. The van der Waals surface area contributed by atoms with Crippen LogP contribution in [0.25, 0.3) is 0 Å². The zero-order chi connectivity index (χ0) is 17.3. The van der Waals surface area contributed by atoms with Gasteiger partial charge in [-0.15, -0.1) is 0 Å². The Labute approximate surface area is 149 Å². The summed E-state index contributed by atoms with van der Waals surface area (Å²) in [5.74, 6) is -0.290. The second-order valence-corrected chi connectivity index (χ2v) is 6.87. The molecular weight excluding hydrogens is 368 g/mol. The number of carbonyl (C=O) groups is 1. The molecular formula is C19H19BrN2O2. The molecule has 0 aliphatic carbocycles. The largest absolute Gasteiger partial charge is 0.365 e. The van der Waals surface area contributed by atoms with Gasteiger partial charge in [-0.25, -0.2) is 0 Å². The lowest BCUT2D eigenvalue weighted by atomic mass is 9.96. The zero-order valence-electron chi connectivity index (χ0n) is 13.7. The molecule has 0 fully saturated rings. The number of carbonyl (C=O) groups excluding carboxylic acids is 1. The molecule has 0 radical (unpaired) electrons. The summed E-state index contributed by atoms with van der Waals surface area (Å²) in [7, 11) is 0.